The first kappa shape index (κ1) is 23.2. The topological polar surface area (TPSA) is 69.7 Å². The van der Waals surface area contributed by atoms with E-state index in [0.717, 1.165) is 38.6 Å². The van der Waals surface area contributed by atoms with Gasteiger partial charge in [-0.25, -0.2) is 8.42 Å². The van der Waals surface area contributed by atoms with Crippen molar-refractivity contribution in [3.05, 3.63) is 29.8 Å². The number of rotatable bonds is 8. The highest BCUT2D eigenvalue weighted by atomic mass is 32.2. The van der Waals surface area contributed by atoms with Crippen LogP contribution in [-0.2, 0) is 10.0 Å². The summed E-state index contributed by atoms with van der Waals surface area (Å²) >= 11 is 0. The Balaban J connectivity index is 1.45. The van der Waals surface area contributed by atoms with Gasteiger partial charge in [0.1, 0.15) is 0 Å². The van der Waals surface area contributed by atoms with Gasteiger partial charge < -0.3 is 10.2 Å². The van der Waals surface area contributed by atoms with Gasteiger partial charge >= 0.3 is 0 Å². The SMILES string of the molecule is CC1CCCCN1CCCCNC(=O)c1ccc(S(=O)(=O)N2CCCCC2C)cc1. The first-order valence-corrected chi connectivity index (χ1v) is 13.0. The number of amides is 1. The normalized spacial score (nSPS) is 23.9. The van der Waals surface area contributed by atoms with Gasteiger partial charge in [0.15, 0.2) is 0 Å². The Morgan fingerprint density at radius 2 is 1.63 bits per heavy atom. The van der Waals surface area contributed by atoms with Crippen molar-refractivity contribution in [1.82, 2.24) is 14.5 Å². The molecule has 2 atom stereocenters. The predicted octanol–water partition coefficient (Wildman–Crippen LogP) is 3.63. The monoisotopic (exact) mass is 435 g/mol. The zero-order chi connectivity index (χ0) is 21.6. The quantitative estimate of drug-likeness (QED) is 0.633. The number of carbonyl (C=O) groups excluding carboxylic acids is 1. The van der Waals surface area contributed by atoms with E-state index in [1.807, 2.05) is 6.92 Å². The summed E-state index contributed by atoms with van der Waals surface area (Å²) in [4.78, 5) is 15.2. The van der Waals surface area contributed by atoms with Crippen molar-refractivity contribution in [3.8, 4) is 0 Å². The lowest BCUT2D eigenvalue weighted by atomic mass is 10.0. The highest BCUT2D eigenvalue weighted by Gasteiger charge is 2.30. The molecule has 0 bridgehead atoms. The molecule has 0 radical (unpaired) electrons. The van der Waals surface area contributed by atoms with E-state index in [2.05, 4.69) is 17.1 Å². The van der Waals surface area contributed by atoms with Crippen LogP contribution >= 0.6 is 0 Å². The molecule has 1 amide bonds. The van der Waals surface area contributed by atoms with Crippen molar-refractivity contribution in [2.45, 2.75) is 82.2 Å². The van der Waals surface area contributed by atoms with Crippen LogP contribution in [0.15, 0.2) is 29.2 Å². The molecule has 2 fully saturated rings. The Bertz CT molecular complexity index is 794. The number of nitrogens with zero attached hydrogens (tertiary/aromatic N) is 2. The lowest BCUT2D eigenvalue weighted by Crippen LogP contribution is -2.41. The summed E-state index contributed by atoms with van der Waals surface area (Å²) in [6.07, 6.45) is 8.83. The predicted molar refractivity (Wildman–Crippen MR) is 120 cm³/mol. The number of hydrogen-bond donors (Lipinski definition) is 1. The zero-order valence-corrected chi connectivity index (χ0v) is 19.3. The van der Waals surface area contributed by atoms with Crippen LogP contribution in [-0.4, -0.2) is 61.8 Å². The molecular weight excluding hydrogens is 398 g/mol. The fraction of sp³-hybridized carbons (Fsp3) is 0.696. The number of nitrogens with one attached hydrogen (secondary N) is 1. The fourth-order valence-corrected chi connectivity index (χ4v) is 6.28. The van der Waals surface area contributed by atoms with Gasteiger partial charge in [-0.3, -0.25) is 4.79 Å². The van der Waals surface area contributed by atoms with Crippen LogP contribution in [0.4, 0.5) is 0 Å². The van der Waals surface area contributed by atoms with E-state index >= 15 is 0 Å². The van der Waals surface area contributed by atoms with Gasteiger partial charge in [0.05, 0.1) is 4.90 Å². The number of unbranched alkanes of at least 4 members (excludes halogenated alkanes) is 1. The molecule has 0 aromatic heterocycles. The Hall–Kier alpha value is -1.44. The zero-order valence-electron chi connectivity index (χ0n) is 18.5. The van der Waals surface area contributed by atoms with Gasteiger partial charge in [-0.15, -0.1) is 0 Å². The standard InChI is InChI=1S/C23H37N3O3S/c1-19-9-3-6-16-25(19)17-8-5-15-24-23(27)21-11-13-22(14-12-21)30(28,29)26-18-7-4-10-20(26)2/h11-14,19-20H,3-10,15-18H2,1-2H3,(H,24,27). The van der Waals surface area contributed by atoms with Crippen LogP contribution in [0.3, 0.4) is 0 Å². The van der Waals surface area contributed by atoms with Gasteiger partial charge in [0.2, 0.25) is 10.0 Å². The summed E-state index contributed by atoms with van der Waals surface area (Å²) in [5.74, 6) is -0.142. The highest BCUT2D eigenvalue weighted by molar-refractivity contribution is 7.89. The fourth-order valence-electron chi connectivity index (χ4n) is 4.58. The molecule has 0 spiro atoms. The van der Waals surface area contributed by atoms with Crippen LogP contribution in [0.25, 0.3) is 0 Å². The van der Waals surface area contributed by atoms with E-state index in [0.29, 0.717) is 24.7 Å². The second-order valence-electron chi connectivity index (χ2n) is 8.83. The first-order chi connectivity index (χ1) is 14.4. The Labute approximate surface area is 182 Å². The van der Waals surface area contributed by atoms with Gasteiger partial charge in [0, 0.05) is 30.7 Å². The van der Waals surface area contributed by atoms with Crippen molar-refractivity contribution < 1.29 is 13.2 Å². The number of carbonyl (C=O) groups is 1. The molecule has 7 heteroatoms. The molecule has 2 aliphatic heterocycles. The smallest absolute Gasteiger partial charge is 0.251 e. The van der Waals surface area contributed by atoms with Gasteiger partial charge in [-0.2, -0.15) is 4.31 Å². The van der Waals surface area contributed by atoms with Gasteiger partial charge in [0.25, 0.3) is 5.91 Å². The summed E-state index contributed by atoms with van der Waals surface area (Å²) in [5, 5.41) is 2.96. The van der Waals surface area contributed by atoms with Crippen molar-refractivity contribution in [3.63, 3.8) is 0 Å². The average Bonchev–Trinajstić information content (AvgIpc) is 2.75. The molecule has 3 rings (SSSR count). The summed E-state index contributed by atoms with van der Waals surface area (Å²) < 4.78 is 27.4. The Morgan fingerprint density at radius 1 is 0.967 bits per heavy atom. The molecule has 1 N–H and O–H groups in total. The second kappa shape index (κ2) is 10.7. The van der Waals surface area contributed by atoms with Crippen LogP contribution < -0.4 is 5.32 Å². The largest absolute Gasteiger partial charge is 0.352 e. The summed E-state index contributed by atoms with van der Waals surface area (Å²) in [6, 6.07) is 7.06. The van der Waals surface area contributed by atoms with E-state index in [1.165, 1.54) is 25.8 Å². The Morgan fingerprint density at radius 3 is 2.30 bits per heavy atom. The van der Waals surface area contributed by atoms with E-state index in [1.54, 1.807) is 28.6 Å². The maximum Gasteiger partial charge on any atom is 0.251 e. The van der Waals surface area contributed by atoms with E-state index < -0.39 is 10.0 Å². The molecule has 0 aliphatic carbocycles. The number of piperidine rings is 2. The van der Waals surface area contributed by atoms with Crippen molar-refractivity contribution in [2.24, 2.45) is 0 Å². The third-order valence-corrected chi connectivity index (χ3v) is 8.59. The van der Waals surface area contributed by atoms with Gasteiger partial charge in [-0.05, 0) is 89.7 Å². The molecule has 168 valence electrons. The molecule has 30 heavy (non-hydrogen) atoms. The lowest BCUT2D eigenvalue weighted by Gasteiger charge is -2.33. The molecule has 2 heterocycles. The van der Waals surface area contributed by atoms with Gasteiger partial charge in [-0.1, -0.05) is 12.8 Å². The molecule has 1 aromatic carbocycles. The molecule has 2 saturated heterocycles. The second-order valence-corrected chi connectivity index (χ2v) is 10.7. The molecule has 1 aromatic rings. The minimum atomic E-state index is -3.50. The highest BCUT2D eigenvalue weighted by Crippen LogP contribution is 2.25. The molecule has 6 nitrogen and oxygen atoms in total. The molecule has 0 saturated carbocycles. The average molecular weight is 436 g/mol. The third kappa shape index (κ3) is 5.83. The van der Waals surface area contributed by atoms with Crippen molar-refractivity contribution in [2.75, 3.05) is 26.2 Å². The maximum atomic E-state index is 12.9. The van der Waals surface area contributed by atoms with Crippen LogP contribution in [0.1, 0.15) is 75.6 Å². The van der Waals surface area contributed by atoms with Crippen molar-refractivity contribution in [1.29, 1.82) is 0 Å². The molecule has 2 unspecified atom stereocenters. The van der Waals surface area contributed by atoms with Crippen LogP contribution in [0, 0.1) is 0 Å². The van der Waals surface area contributed by atoms with E-state index in [4.69, 9.17) is 0 Å². The maximum absolute atomic E-state index is 12.9. The number of likely N-dealkylation sites (tertiary alicyclic amines) is 1. The number of benzene rings is 1. The van der Waals surface area contributed by atoms with E-state index in [-0.39, 0.29) is 16.8 Å². The molecule has 2 aliphatic rings. The molecular formula is C23H37N3O3S. The minimum absolute atomic E-state index is 0.0275. The number of hydrogen-bond acceptors (Lipinski definition) is 4. The Kier molecular flexibility index (Phi) is 8.31. The van der Waals surface area contributed by atoms with Crippen LogP contribution in [0.5, 0.6) is 0 Å². The van der Waals surface area contributed by atoms with Crippen LogP contribution in [0.2, 0.25) is 0 Å². The summed E-state index contributed by atoms with van der Waals surface area (Å²) in [7, 11) is -3.50. The van der Waals surface area contributed by atoms with Crippen molar-refractivity contribution >= 4 is 15.9 Å². The summed E-state index contributed by atoms with van der Waals surface area (Å²) in [5.41, 5.74) is 0.505. The van der Waals surface area contributed by atoms with E-state index in [9.17, 15) is 13.2 Å². The minimum Gasteiger partial charge on any atom is -0.352 e. The third-order valence-electron chi connectivity index (χ3n) is 6.56. The number of sulfonamides is 1. The first-order valence-electron chi connectivity index (χ1n) is 11.5. The lowest BCUT2D eigenvalue weighted by molar-refractivity contribution is 0.0951. The summed E-state index contributed by atoms with van der Waals surface area (Å²) in [6.45, 7) is 7.77.